The Morgan fingerprint density at radius 1 is 1.25 bits per heavy atom. The molecule has 0 bridgehead atoms. The molecule has 104 valence electrons. The van der Waals surface area contributed by atoms with Gasteiger partial charge < -0.3 is 20.9 Å². The van der Waals surface area contributed by atoms with Gasteiger partial charge in [0.15, 0.2) is 6.61 Å². The van der Waals surface area contributed by atoms with Crippen LogP contribution in [0.2, 0.25) is 5.02 Å². The van der Waals surface area contributed by atoms with Crippen LogP contribution >= 0.6 is 11.6 Å². The molecule has 0 aliphatic heterocycles. The van der Waals surface area contributed by atoms with E-state index in [4.69, 9.17) is 22.1 Å². The van der Waals surface area contributed by atoms with Gasteiger partial charge in [0.1, 0.15) is 17.2 Å². The number of phenolic OH excluding ortho intramolecular Hbond substituents is 1. The molecule has 0 heterocycles. The maximum absolute atomic E-state index is 11.7. The minimum atomic E-state index is -0.338. The molecule has 0 saturated heterocycles. The minimum absolute atomic E-state index is 0.0828. The van der Waals surface area contributed by atoms with E-state index in [-0.39, 0.29) is 29.7 Å². The van der Waals surface area contributed by atoms with Crippen LogP contribution < -0.4 is 15.8 Å². The van der Waals surface area contributed by atoms with Crippen molar-refractivity contribution in [2.45, 2.75) is 0 Å². The standard InChI is InChI=1S/C14H13ClN2O3/c15-9-4-6-10(7-5-9)17-13(19)8-20-12-3-1-2-11(18)14(12)16/h1-7,18H,8,16H2,(H,17,19). The highest BCUT2D eigenvalue weighted by Gasteiger charge is 2.08. The summed E-state index contributed by atoms with van der Waals surface area (Å²) in [5.74, 6) is -0.160. The zero-order chi connectivity index (χ0) is 14.5. The monoisotopic (exact) mass is 292 g/mol. The largest absolute Gasteiger partial charge is 0.506 e. The highest BCUT2D eigenvalue weighted by atomic mass is 35.5. The first-order chi connectivity index (χ1) is 9.56. The molecule has 5 nitrogen and oxygen atoms in total. The maximum atomic E-state index is 11.7. The number of amides is 1. The van der Waals surface area contributed by atoms with Gasteiger partial charge in [0.2, 0.25) is 0 Å². The third-order valence-corrected chi connectivity index (χ3v) is 2.78. The lowest BCUT2D eigenvalue weighted by Gasteiger charge is -2.10. The zero-order valence-corrected chi connectivity index (χ0v) is 11.2. The van der Waals surface area contributed by atoms with E-state index in [0.29, 0.717) is 10.7 Å². The Labute approximate surface area is 120 Å². The lowest BCUT2D eigenvalue weighted by Crippen LogP contribution is -2.20. The number of ether oxygens (including phenoxy) is 1. The fourth-order valence-electron chi connectivity index (χ4n) is 1.53. The topological polar surface area (TPSA) is 84.6 Å². The highest BCUT2D eigenvalue weighted by Crippen LogP contribution is 2.29. The van der Waals surface area contributed by atoms with E-state index in [9.17, 15) is 9.90 Å². The van der Waals surface area contributed by atoms with Crippen LogP contribution in [-0.2, 0) is 4.79 Å². The predicted octanol–water partition coefficient (Wildman–Crippen LogP) is 2.65. The Hall–Kier alpha value is -2.40. The van der Waals surface area contributed by atoms with Crippen molar-refractivity contribution >= 4 is 28.9 Å². The van der Waals surface area contributed by atoms with E-state index in [1.165, 1.54) is 6.07 Å². The second-order valence-electron chi connectivity index (χ2n) is 4.03. The summed E-state index contributed by atoms with van der Waals surface area (Å²) in [5, 5.41) is 12.6. The second kappa shape index (κ2) is 6.16. The van der Waals surface area contributed by atoms with Gasteiger partial charge >= 0.3 is 0 Å². The lowest BCUT2D eigenvalue weighted by atomic mass is 10.3. The summed E-state index contributed by atoms with van der Waals surface area (Å²) in [7, 11) is 0. The predicted molar refractivity (Wildman–Crippen MR) is 78.1 cm³/mol. The average molecular weight is 293 g/mol. The molecular formula is C14H13ClN2O3. The summed E-state index contributed by atoms with van der Waals surface area (Å²) in [6.07, 6.45) is 0. The number of halogens is 1. The number of carbonyl (C=O) groups excluding carboxylic acids is 1. The van der Waals surface area contributed by atoms with E-state index in [0.717, 1.165) is 0 Å². The molecule has 6 heteroatoms. The Balaban J connectivity index is 1.92. The molecule has 0 fully saturated rings. The molecule has 20 heavy (non-hydrogen) atoms. The third-order valence-electron chi connectivity index (χ3n) is 2.53. The van der Waals surface area contributed by atoms with Gasteiger partial charge in [-0.2, -0.15) is 0 Å². The molecule has 0 aliphatic rings. The first-order valence-electron chi connectivity index (χ1n) is 5.82. The smallest absolute Gasteiger partial charge is 0.262 e. The van der Waals surface area contributed by atoms with Crippen molar-refractivity contribution < 1.29 is 14.6 Å². The van der Waals surface area contributed by atoms with Crippen LogP contribution in [-0.4, -0.2) is 17.6 Å². The van der Waals surface area contributed by atoms with E-state index in [1.807, 2.05) is 0 Å². The summed E-state index contributed by atoms with van der Waals surface area (Å²) in [5.41, 5.74) is 6.34. The number of nitrogens with one attached hydrogen (secondary N) is 1. The number of rotatable bonds is 4. The van der Waals surface area contributed by atoms with Crippen LogP contribution in [0.15, 0.2) is 42.5 Å². The van der Waals surface area contributed by atoms with Gasteiger partial charge in [-0.1, -0.05) is 17.7 Å². The van der Waals surface area contributed by atoms with Crippen LogP contribution in [0.1, 0.15) is 0 Å². The van der Waals surface area contributed by atoms with Gasteiger partial charge in [-0.05, 0) is 36.4 Å². The Kier molecular flexibility index (Phi) is 4.32. The molecule has 0 aromatic heterocycles. The molecule has 0 unspecified atom stereocenters. The van der Waals surface area contributed by atoms with Gasteiger partial charge in [-0.3, -0.25) is 4.79 Å². The van der Waals surface area contributed by atoms with Crippen molar-refractivity contribution in [1.29, 1.82) is 0 Å². The van der Waals surface area contributed by atoms with Crippen molar-refractivity contribution in [2.24, 2.45) is 0 Å². The molecule has 4 N–H and O–H groups in total. The van der Waals surface area contributed by atoms with Crippen molar-refractivity contribution in [3.63, 3.8) is 0 Å². The minimum Gasteiger partial charge on any atom is -0.506 e. The van der Waals surface area contributed by atoms with Gasteiger partial charge in [0.05, 0.1) is 0 Å². The van der Waals surface area contributed by atoms with Crippen molar-refractivity contribution in [2.75, 3.05) is 17.7 Å². The molecule has 0 saturated carbocycles. The molecule has 1 amide bonds. The SMILES string of the molecule is Nc1c(O)cccc1OCC(=O)Nc1ccc(Cl)cc1. The molecule has 0 spiro atoms. The van der Waals surface area contributed by atoms with Gasteiger partial charge in [0, 0.05) is 10.7 Å². The molecule has 0 radical (unpaired) electrons. The fraction of sp³-hybridized carbons (Fsp3) is 0.0714. The molecular weight excluding hydrogens is 280 g/mol. The number of benzene rings is 2. The summed E-state index contributed by atoms with van der Waals surface area (Å²) in [4.78, 5) is 11.7. The molecule has 0 atom stereocenters. The maximum Gasteiger partial charge on any atom is 0.262 e. The number of para-hydroxylation sites is 1. The molecule has 2 rings (SSSR count). The van der Waals surface area contributed by atoms with Gasteiger partial charge in [-0.25, -0.2) is 0 Å². The first kappa shape index (κ1) is 14.0. The third kappa shape index (κ3) is 3.55. The normalized spacial score (nSPS) is 10.1. The van der Waals surface area contributed by atoms with Crippen molar-refractivity contribution in [3.8, 4) is 11.5 Å². The second-order valence-corrected chi connectivity index (χ2v) is 4.47. The number of hydrogen-bond acceptors (Lipinski definition) is 4. The number of nitrogen functional groups attached to an aromatic ring is 1. The van der Waals surface area contributed by atoms with Crippen LogP contribution in [0.3, 0.4) is 0 Å². The summed E-state index contributed by atoms with van der Waals surface area (Å²) in [6, 6.07) is 11.3. The lowest BCUT2D eigenvalue weighted by molar-refractivity contribution is -0.118. The number of nitrogens with two attached hydrogens (primary N) is 1. The van der Waals surface area contributed by atoms with Crippen LogP contribution in [0, 0.1) is 0 Å². The van der Waals surface area contributed by atoms with Crippen LogP contribution in [0.4, 0.5) is 11.4 Å². The number of anilines is 2. The quantitative estimate of drug-likeness (QED) is 0.597. The van der Waals surface area contributed by atoms with Gasteiger partial charge in [0.25, 0.3) is 5.91 Å². The summed E-state index contributed by atoms with van der Waals surface area (Å²) < 4.78 is 5.25. The molecule has 0 aliphatic carbocycles. The van der Waals surface area contributed by atoms with Crippen LogP contribution in [0.25, 0.3) is 0 Å². The number of phenols is 1. The zero-order valence-electron chi connectivity index (χ0n) is 10.5. The first-order valence-corrected chi connectivity index (χ1v) is 6.20. The van der Waals surface area contributed by atoms with E-state index in [1.54, 1.807) is 36.4 Å². The van der Waals surface area contributed by atoms with E-state index >= 15 is 0 Å². The van der Waals surface area contributed by atoms with E-state index in [2.05, 4.69) is 5.32 Å². The summed E-state index contributed by atoms with van der Waals surface area (Å²) in [6.45, 7) is -0.212. The van der Waals surface area contributed by atoms with Crippen molar-refractivity contribution in [3.05, 3.63) is 47.5 Å². The summed E-state index contributed by atoms with van der Waals surface area (Å²) >= 11 is 5.75. The number of carbonyl (C=O) groups is 1. The Morgan fingerprint density at radius 2 is 1.95 bits per heavy atom. The number of hydrogen-bond donors (Lipinski definition) is 3. The van der Waals surface area contributed by atoms with Crippen LogP contribution in [0.5, 0.6) is 11.5 Å². The highest BCUT2D eigenvalue weighted by molar-refractivity contribution is 6.30. The molecule has 2 aromatic carbocycles. The Bertz CT molecular complexity index is 614. The van der Waals surface area contributed by atoms with Gasteiger partial charge in [-0.15, -0.1) is 0 Å². The Morgan fingerprint density at radius 3 is 2.65 bits per heavy atom. The van der Waals surface area contributed by atoms with E-state index < -0.39 is 0 Å². The van der Waals surface area contributed by atoms with Crippen molar-refractivity contribution in [1.82, 2.24) is 0 Å². The number of aromatic hydroxyl groups is 1. The molecule has 2 aromatic rings. The fourth-order valence-corrected chi connectivity index (χ4v) is 1.66. The average Bonchev–Trinajstić information content (AvgIpc) is 2.43.